The molecule has 0 fully saturated rings. The summed E-state index contributed by atoms with van der Waals surface area (Å²) in [5, 5.41) is 0. The Kier molecular flexibility index (Phi) is 3.06. The van der Waals surface area contributed by atoms with E-state index in [-0.39, 0.29) is 0 Å². The molecule has 2 heterocycles. The third-order valence-electron chi connectivity index (χ3n) is 3.06. The van der Waals surface area contributed by atoms with Crippen LogP contribution in [0.15, 0.2) is 48.8 Å². The van der Waals surface area contributed by atoms with E-state index in [0.29, 0.717) is 5.95 Å². The lowest BCUT2D eigenvalue weighted by molar-refractivity contribution is 1.03. The number of pyridine rings is 1. The van der Waals surface area contributed by atoms with E-state index in [1.54, 1.807) is 12.4 Å². The molecule has 0 radical (unpaired) electrons. The number of nitrogen functional groups attached to an aromatic ring is 1. The fourth-order valence-electron chi connectivity index (χ4n) is 2.12. The molecule has 0 aliphatic heterocycles. The van der Waals surface area contributed by atoms with Gasteiger partial charge in [-0.15, -0.1) is 0 Å². The molecule has 0 bridgehead atoms. The highest BCUT2D eigenvalue weighted by molar-refractivity contribution is 5.70. The van der Waals surface area contributed by atoms with Gasteiger partial charge in [0, 0.05) is 18.0 Å². The molecule has 4 heteroatoms. The van der Waals surface area contributed by atoms with Gasteiger partial charge in [0.2, 0.25) is 5.95 Å². The lowest BCUT2D eigenvalue weighted by Gasteiger charge is -2.10. The molecule has 2 aromatic heterocycles. The highest BCUT2D eigenvalue weighted by Gasteiger charge is 2.09. The summed E-state index contributed by atoms with van der Waals surface area (Å²) in [5.74, 6) is 0.305. The summed E-state index contributed by atoms with van der Waals surface area (Å²) < 4.78 is 0. The molecule has 1 aliphatic carbocycles. The van der Waals surface area contributed by atoms with Crippen LogP contribution in [0.2, 0.25) is 0 Å². The maximum Gasteiger partial charge on any atom is 0.221 e. The number of hydrogen-bond acceptors (Lipinski definition) is 4. The zero-order chi connectivity index (χ0) is 13.1. The van der Waals surface area contributed by atoms with Crippen molar-refractivity contribution < 1.29 is 0 Å². The van der Waals surface area contributed by atoms with Crippen molar-refractivity contribution in [3.8, 4) is 11.3 Å². The molecule has 3 rings (SSSR count). The Morgan fingerprint density at radius 2 is 1.84 bits per heavy atom. The third-order valence-corrected chi connectivity index (χ3v) is 3.06. The van der Waals surface area contributed by atoms with Crippen LogP contribution in [0.1, 0.15) is 18.5 Å². The van der Waals surface area contributed by atoms with E-state index in [1.807, 2.05) is 18.2 Å². The Hall–Kier alpha value is -2.49. The van der Waals surface area contributed by atoms with Crippen molar-refractivity contribution in [3.05, 3.63) is 54.5 Å². The number of hydrogen-bond donors (Lipinski definition) is 1. The van der Waals surface area contributed by atoms with Gasteiger partial charge in [-0.05, 0) is 36.6 Å². The Morgan fingerprint density at radius 1 is 1.05 bits per heavy atom. The van der Waals surface area contributed by atoms with Crippen LogP contribution in [0.25, 0.3) is 16.8 Å². The third kappa shape index (κ3) is 2.52. The second-order valence-corrected chi connectivity index (χ2v) is 4.39. The van der Waals surface area contributed by atoms with Crippen molar-refractivity contribution >= 4 is 11.5 Å². The topological polar surface area (TPSA) is 64.7 Å². The van der Waals surface area contributed by atoms with Gasteiger partial charge in [-0.3, -0.25) is 4.98 Å². The van der Waals surface area contributed by atoms with Crippen molar-refractivity contribution in [3.63, 3.8) is 0 Å². The predicted molar refractivity (Wildman–Crippen MR) is 76.0 cm³/mol. The molecule has 0 saturated carbocycles. The predicted octanol–water partition coefficient (Wildman–Crippen LogP) is 2.85. The Balaban J connectivity index is 2.06. The molecule has 2 aromatic rings. The van der Waals surface area contributed by atoms with Gasteiger partial charge < -0.3 is 5.73 Å². The summed E-state index contributed by atoms with van der Waals surface area (Å²) in [6.45, 7) is 0. The minimum atomic E-state index is 0.305. The van der Waals surface area contributed by atoms with E-state index in [1.165, 1.54) is 5.57 Å². The smallest absolute Gasteiger partial charge is 0.221 e. The number of rotatable bonds is 2. The van der Waals surface area contributed by atoms with Crippen molar-refractivity contribution in [2.45, 2.75) is 12.8 Å². The summed E-state index contributed by atoms with van der Waals surface area (Å²) in [6.07, 6.45) is 11.8. The number of nitrogens with two attached hydrogens (primary N) is 1. The minimum absolute atomic E-state index is 0.305. The molecule has 0 unspecified atom stereocenters. The number of aromatic nitrogens is 3. The molecule has 0 saturated heterocycles. The normalized spacial score (nSPS) is 14.2. The first-order valence-corrected chi connectivity index (χ1v) is 6.24. The molecule has 2 N–H and O–H groups in total. The summed E-state index contributed by atoms with van der Waals surface area (Å²) in [6, 6.07) is 5.82. The van der Waals surface area contributed by atoms with E-state index in [0.717, 1.165) is 29.8 Å². The SMILES string of the molecule is Nc1nc(C2=CC=CCC2)cc(-c2ccncc2)n1. The Bertz CT molecular complexity index is 644. The van der Waals surface area contributed by atoms with Crippen LogP contribution in [0, 0.1) is 0 Å². The van der Waals surface area contributed by atoms with Crippen LogP contribution in [-0.4, -0.2) is 15.0 Å². The molecule has 4 nitrogen and oxygen atoms in total. The molecule has 0 aromatic carbocycles. The van der Waals surface area contributed by atoms with Crippen LogP contribution in [-0.2, 0) is 0 Å². The summed E-state index contributed by atoms with van der Waals surface area (Å²) in [7, 11) is 0. The number of allylic oxidation sites excluding steroid dienone is 4. The van der Waals surface area contributed by atoms with Crippen molar-refractivity contribution in [1.82, 2.24) is 15.0 Å². The van der Waals surface area contributed by atoms with Gasteiger partial charge in [0.1, 0.15) is 0 Å². The Morgan fingerprint density at radius 3 is 2.58 bits per heavy atom. The molecule has 94 valence electrons. The van der Waals surface area contributed by atoms with Gasteiger partial charge in [-0.25, -0.2) is 9.97 Å². The summed E-state index contributed by atoms with van der Waals surface area (Å²) >= 11 is 0. The quantitative estimate of drug-likeness (QED) is 0.890. The fraction of sp³-hybridized carbons (Fsp3) is 0.133. The van der Waals surface area contributed by atoms with Crippen LogP contribution < -0.4 is 5.73 Å². The van der Waals surface area contributed by atoms with Gasteiger partial charge in [-0.2, -0.15) is 0 Å². The van der Waals surface area contributed by atoms with Gasteiger partial charge in [0.05, 0.1) is 11.4 Å². The van der Waals surface area contributed by atoms with Gasteiger partial charge in [0.25, 0.3) is 0 Å². The van der Waals surface area contributed by atoms with Crippen LogP contribution in [0.4, 0.5) is 5.95 Å². The standard InChI is InChI=1S/C15H14N4/c16-15-18-13(11-4-2-1-3-5-11)10-14(19-15)12-6-8-17-9-7-12/h1-2,4,6-10H,3,5H2,(H2,16,18,19). The van der Waals surface area contributed by atoms with Crippen LogP contribution >= 0.6 is 0 Å². The van der Waals surface area contributed by atoms with Crippen LogP contribution in [0.3, 0.4) is 0 Å². The fourth-order valence-corrected chi connectivity index (χ4v) is 2.12. The van der Waals surface area contributed by atoms with Crippen molar-refractivity contribution in [2.75, 3.05) is 5.73 Å². The van der Waals surface area contributed by atoms with E-state index in [4.69, 9.17) is 5.73 Å². The number of anilines is 1. The zero-order valence-corrected chi connectivity index (χ0v) is 10.5. The molecule has 0 spiro atoms. The largest absolute Gasteiger partial charge is 0.368 e. The first-order valence-electron chi connectivity index (χ1n) is 6.24. The number of nitrogens with zero attached hydrogens (tertiary/aromatic N) is 3. The monoisotopic (exact) mass is 250 g/mol. The van der Waals surface area contributed by atoms with E-state index >= 15 is 0 Å². The highest BCUT2D eigenvalue weighted by Crippen LogP contribution is 2.25. The lowest BCUT2D eigenvalue weighted by atomic mass is 10.0. The molecular weight excluding hydrogens is 236 g/mol. The minimum Gasteiger partial charge on any atom is -0.368 e. The first kappa shape index (κ1) is 11.6. The first-order chi connectivity index (χ1) is 9.33. The average molecular weight is 250 g/mol. The summed E-state index contributed by atoms with van der Waals surface area (Å²) in [4.78, 5) is 12.6. The van der Waals surface area contributed by atoms with E-state index in [9.17, 15) is 0 Å². The second-order valence-electron chi connectivity index (χ2n) is 4.39. The average Bonchev–Trinajstić information content (AvgIpc) is 2.48. The maximum absolute atomic E-state index is 5.82. The maximum atomic E-state index is 5.82. The van der Waals surface area contributed by atoms with Gasteiger partial charge >= 0.3 is 0 Å². The lowest BCUT2D eigenvalue weighted by Crippen LogP contribution is -2.01. The van der Waals surface area contributed by atoms with E-state index in [2.05, 4.69) is 33.2 Å². The van der Waals surface area contributed by atoms with Gasteiger partial charge in [0.15, 0.2) is 0 Å². The molecule has 1 aliphatic rings. The Labute approximate surface area is 111 Å². The molecule has 0 atom stereocenters. The molecule has 19 heavy (non-hydrogen) atoms. The molecular formula is C15H14N4. The van der Waals surface area contributed by atoms with Gasteiger partial charge in [-0.1, -0.05) is 18.2 Å². The summed E-state index contributed by atoms with van der Waals surface area (Å²) in [5.41, 5.74) is 9.76. The van der Waals surface area contributed by atoms with Crippen molar-refractivity contribution in [1.29, 1.82) is 0 Å². The highest BCUT2D eigenvalue weighted by atomic mass is 15.0. The van der Waals surface area contributed by atoms with E-state index < -0.39 is 0 Å². The van der Waals surface area contributed by atoms with Crippen molar-refractivity contribution in [2.24, 2.45) is 0 Å². The zero-order valence-electron chi connectivity index (χ0n) is 10.5. The second kappa shape index (κ2) is 5.02. The van der Waals surface area contributed by atoms with Crippen LogP contribution in [0.5, 0.6) is 0 Å². The molecule has 0 amide bonds.